The van der Waals surface area contributed by atoms with E-state index in [2.05, 4.69) is 0 Å². The van der Waals surface area contributed by atoms with Gasteiger partial charge in [0.2, 0.25) is 5.91 Å². The van der Waals surface area contributed by atoms with E-state index >= 15 is 0 Å². The highest BCUT2D eigenvalue weighted by Gasteiger charge is 2.23. The lowest BCUT2D eigenvalue weighted by Gasteiger charge is -2.22. The van der Waals surface area contributed by atoms with Crippen LogP contribution < -0.4 is 4.74 Å². The van der Waals surface area contributed by atoms with Gasteiger partial charge in [-0.25, -0.2) is 4.79 Å². The van der Waals surface area contributed by atoms with Crippen molar-refractivity contribution in [2.24, 2.45) is 0 Å². The number of amides is 2. The highest BCUT2D eigenvalue weighted by atomic mass is 35.5. The van der Waals surface area contributed by atoms with Gasteiger partial charge in [0.25, 0.3) is 5.91 Å². The first-order valence-corrected chi connectivity index (χ1v) is 10.6. The summed E-state index contributed by atoms with van der Waals surface area (Å²) >= 11 is 5.90. The van der Waals surface area contributed by atoms with E-state index in [0.717, 1.165) is 5.56 Å². The maximum atomic E-state index is 12.9. The molecule has 7 nitrogen and oxygen atoms in total. The Bertz CT molecular complexity index is 915. The first kappa shape index (κ1) is 22.6. The molecule has 1 heterocycles. The Kier molecular flexibility index (Phi) is 7.89. The van der Waals surface area contributed by atoms with Crippen molar-refractivity contribution >= 4 is 29.6 Å². The summed E-state index contributed by atoms with van der Waals surface area (Å²) in [5, 5.41) is 0.639. The van der Waals surface area contributed by atoms with Gasteiger partial charge in [-0.1, -0.05) is 23.7 Å². The summed E-state index contributed by atoms with van der Waals surface area (Å²) in [4.78, 5) is 40.5. The van der Waals surface area contributed by atoms with Crippen molar-refractivity contribution < 1.29 is 23.9 Å². The Labute approximate surface area is 186 Å². The van der Waals surface area contributed by atoms with E-state index in [-0.39, 0.29) is 18.4 Å². The minimum Gasteiger partial charge on any atom is -0.434 e. The lowest BCUT2D eigenvalue weighted by molar-refractivity contribution is -0.130. The average molecular weight is 445 g/mol. The largest absolute Gasteiger partial charge is 0.513 e. The second-order valence-corrected chi connectivity index (χ2v) is 7.58. The number of hydrogen-bond donors (Lipinski definition) is 0. The fourth-order valence-corrected chi connectivity index (χ4v) is 3.48. The van der Waals surface area contributed by atoms with Gasteiger partial charge < -0.3 is 19.3 Å². The standard InChI is InChI=1S/C23H25ClN2O5/c1-2-30-23(29)31-20-10-6-18(7-11-20)22(28)26-13-3-12-25(14-15-26)21(27)16-17-4-8-19(24)9-5-17/h4-11H,2-3,12-16H2,1H3. The molecule has 0 N–H and O–H groups in total. The van der Waals surface area contributed by atoms with Crippen molar-refractivity contribution in [2.75, 3.05) is 32.8 Å². The summed E-state index contributed by atoms with van der Waals surface area (Å²) in [6.07, 6.45) is 0.243. The smallest absolute Gasteiger partial charge is 0.434 e. The molecule has 0 saturated carbocycles. The molecule has 0 aliphatic carbocycles. The van der Waals surface area contributed by atoms with Gasteiger partial charge in [0, 0.05) is 36.8 Å². The Morgan fingerprint density at radius 1 is 0.903 bits per heavy atom. The molecule has 2 amide bonds. The second-order valence-electron chi connectivity index (χ2n) is 7.14. The summed E-state index contributed by atoms with van der Waals surface area (Å²) < 4.78 is 9.74. The lowest BCUT2D eigenvalue weighted by atomic mass is 10.1. The number of benzene rings is 2. The summed E-state index contributed by atoms with van der Waals surface area (Å²) in [5.74, 6) is 0.233. The molecule has 0 bridgehead atoms. The van der Waals surface area contributed by atoms with Crippen LogP contribution >= 0.6 is 11.6 Å². The molecular formula is C23H25ClN2O5. The van der Waals surface area contributed by atoms with Gasteiger partial charge in [-0.15, -0.1) is 0 Å². The van der Waals surface area contributed by atoms with Crippen LogP contribution in [0.4, 0.5) is 4.79 Å². The molecule has 0 spiro atoms. The summed E-state index contributed by atoms with van der Waals surface area (Å²) in [6, 6.07) is 13.6. The van der Waals surface area contributed by atoms with Crippen molar-refractivity contribution in [3.8, 4) is 5.75 Å². The number of carbonyl (C=O) groups excluding carboxylic acids is 3. The van der Waals surface area contributed by atoms with Crippen LogP contribution in [0.3, 0.4) is 0 Å². The van der Waals surface area contributed by atoms with Gasteiger partial charge in [-0.3, -0.25) is 9.59 Å². The maximum absolute atomic E-state index is 12.9. The highest BCUT2D eigenvalue weighted by Crippen LogP contribution is 2.16. The van der Waals surface area contributed by atoms with Crippen LogP contribution in [0.2, 0.25) is 5.02 Å². The van der Waals surface area contributed by atoms with Gasteiger partial charge in [-0.2, -0.15) is 0 Å². The molecule has 31 heavy (non-hydrogen) atoms. The number of hydrogen-bond acceptors (Lipinski definition) is 5. The molecule has 0 aromatic heterocycles. The number of rotatable bonds is 5. The number of nitrogens with zero attached hydrogens (tertiary/aromatic N) is 2. The van der Waals surface area contributed by atoms with E-state index in [0.29, 0.717) is 55.4 Å². The normalized spacial score (nSPS) is 14.0. The third kappa shape index (κ3) is 6.46. The third-order valence-corrected chi connectivity index (χ3v) is 5.22. The van der Waals surface area contributed by atoms with Crippen molar-refractivity contribution in [1.29, 1.82) is 0 Å². The van der Waals surface area contributed by atoms with Gasteiger partial charge in [0.05, 0.1) is 13.0 Å². The van der Waals surface area contributed by atoms with Crippen molar-refractivity contribution in [3.05, 3.63) is 64.7 Å². The second kappa shape index (κ2) is 10.8. The summed E-state index contributed by atoms with van der Waals surface area (Å²) in [6.45, 7) is 4.06. The number of halogens is 1. The van der Waals surface area contributed by atoms with Crippen LogP contribution in [0.5, 0.6) is 5.75 Å². The molecule has 8 heteroatoms. The highest BCUT2D eigenvalue weighted by molar-refractivity contribution is 6.30. The van der Waals surface area contributed by atoms with E-state index in [1.54, 1.807) is 53.1 Å². The van der Waals surface area contributed by atoms with Crippen LogP contribution in [0.1, 0.15) is 29.3 Å². The molecule has 1 fully saturated rings. The topological polar surface area (TPSA) is 76.2 Å². The van der Waals surface area contributed by atoms with E-state index in [4.69, 9.17) is 21.1 Å². The molecule has 1 saturated heterocycles. The van der Waals surface area contributed by atoms with Gasteiger partial charge >= 0.3 is 6.16 Å². The molecule has 2 aromatic rings. The molecular weight excluding hydrogens is 420 g/mol. The predicted octanol–water partition coefficient (Wildman–Crippen LogP) is 3.79. The quantitative estimate of drug-likeness (QED) is 0.518. The van der Waals surface area contributed by atoms with Crippen molar-refractivity contribution in [3.63, 3.8) is 0 Å². The molecule has 164 valence electrons. The molecule has 0 atom stereocenters. The zero-order valence-corrected chi connectivity index (χ0v) is 18.1. The van der Waals surface area contributed by atoms with Crippen LogP contribution in [-0.4, -0.2) is 60.6 Å². The third-order valence-electron chi connectivity index (χ3n) is 4.97. The van der Waals surface area contributed by atoms with E-state index in [9.17, 15) is 14.4 Å². The monoisotopic (exact) mass is 444 g/mol. The summed E-state index contributed by atoms with van der Waals surface area (Å²) in [5.41, 5.74) is 1.41. The lowest BCUT2D eigenvalue weighted by Crippen LogP contribution is -2.38. The van der Waals surface area contributed by atoms with Crippen LogP contribution in [0.15, 0.2) is 48.5 Å². The van der Waals surface area contributed by atoms with Crippen LogP contribution in [0.25, 0.3) is 0 Å². The summed E-state index contributed by atoms with van der Waals surface area (Å²) in [7, 11) is 0. The Morgan fingerprint density at radius 2 is 1.55 bits per heavy atom. The first-order valence-electron chi connectivity index (χ1n) is 10.2. The predicted molar refractivity (Wildman–Crippen MR) is 116 cm³/mol. The van der Waals surface area contributed by atoms with Crippen molar-refractivity contribution in [1.82, 2.24) is 9.80 Å². The zero-order chi connectivity index (χ0) is 22.2. The van der Waals surface area contributed by atoms with Gasteiger partial charge in [-0.05, 0) is 55.3 Å². The molecule has 2 aromatic carbocycles. The fourth-order valence-electron chi connectivity index (χ4n) is 3.35. The fraction of sp³-hybridized carbons (Fsp3) is 0.348. The Balaban J connectivity index is 1.54. The first-order chi connectivity index (χ1) is 15.0. The minimum absolute atomic E-state index is 0.0390. The number of ether oxygens (including phenoxy) is 2. The van der Waals surface area contributed by atoms with Gasteiger partial charge in [0.1, 0.15) is 5.75 Å². The van der Waals surface area contributed by atoms with E-state index in [1.807, 2.05) is 12.1 Å². The van der Waals surface area contributed by atoms with Crippen LogP contribution in [0, 0.1) is 0 Å². The molecule has 0 unspecified atom stereocenters. The maximum Gasteiger partial charge on any atom is 0.513 e. The SMILES string of the molecule is CCOC(=O)Oc1ccc(C(=O)N2CCCN(C(=O)Cc3ccc(Cl)cc3)CC2)cc1. The van der Waals surface area contributed by atoms with E-state index in [1.165, 1.54) is 0 Å². The molecule has 1 aliphatic rings. The minimum atomic E-state index is -0.780. The zero-order valence-electron chi connectivity index (χ0n) is 17.4. The average Bonchev–Trinajstić information content (AvgIpc) is 3.02. The van der Waals surface area contributed by atoms with Gasteiger partial charge in [0.15, 0.2) is 0 Å². The molecule has 1 aliphatic heterocycles. The van der Waals surface area contributed by atoms with E-state index < -0.39 is 6.16 Å². The Hall–Kier alpha value is -3.06. The number of carbonyl (C=O) groups is 3. The van der Waals surface area contributed by atoms with Crippen LogP contribution in [-0.2, 0) is 16.0 Å². The van der Waals surface area contributed by atoms with Crippen molar-refractivity contribution in [2.45, 2.75) is 19.8 Å². The molecule has 3 rings (SSSR count). The molecule has 0 radical (unpaired) electrons. The Morgan fingerprint density at radius 3 is 2.23 bits per heavy atom.